The van der Waals surface area contributed by atoms with Crippen LogP contribution in [0, 0.1) is 17.3 Å². The standard InChI is InChI=1S/C18H24O2/c1-18-9-8-14-13-5-3-12(19)10-11(13)2-4-15(14)16(18)6-7-17(18)20/h2,4,8,12-13,16-17,19-20H,3,5-7,9-10H2,1H3/t12-,13?,16+,17-,18+/m1/s1. The van der Waals surface area contributed by atoms with Crippen molar-refractivity contribution in [3.05, 3.63) is 34.9 Å². The molecule has 0 spiro atoms. The predicted octanol–water partition coefficient (Wildman–Crippen LogP) is 3.12. The molecule has 0 aromatic heterocycles. The normalized spacial score (nSPS) is 46.6. The smallest absolute Gasteiger partial charge is 0.0602 e. The molecule has 4 aliphatic rings. The Balaban J connectivity index is 1.74. The Morgan fingerprint density at radius 3 is 2.75 bits per heavy atom. The van der Waals surface area contributed by atoms with Crippen molar-refractivity contribution in [3.63, 3.8) is 0 Å². The fraction of sp³-hybridized carbons (Fsp3) is 0.667. The number of rotatable bonds is 0. The third-order valence-electron chi connectivity index (χ3n) is 6.32. The minimum atomic E-state index is -0.148. The van der Waals surface area contributed by atoms with Crippen LogP contribution in [0.3, 0.4) is 0 Å². The van der Waals surface area contributed by atoms with Gasteiger partial charge < -0.3 is 10.2 Å². The van der Waals surface area contributed by atoms with Gasteiger partial charge in [0.2, 0.25) is 0 Å². The van der Waals surface area contributed by atoms with Crippen LogP contribution in [0.4, 0.5) is 0 Å². The molecular weight excluding hydrogens is 248 g/mol. The monoisotopic (exact) mass is 272 g/mol. The van der Waals surface area contributed by atoms with Crippen LogP contribution >= 0.6 is 0 Å². The van der Waals surface area contributed by atoms with E-state index in [2.05, 4.69) is 25.2 Å². The Kier molecular flexibility index (Phi) is 2.77. The molecule has 0 heterocycles. The van der Waals surface area contributed by atoms with E-state index in [-0.39, 0.29) is 17.6 Å². The van der Waals surface area contributed by atoms with Gasteiger partial charge in [-0.15, -0.1) is 0 Å². The lowest BCUT2D eigenvalue weighted by atomic mass is 9.61. The van der Waals surface area contributed by atoms with Crippen molar-refractivity contribution in [3.8, 4) is 0 Å². The van der Waals surface area contributed by atoms with Gasteiger partial charge >= 0.3 is 0 Å². The molecular formula is C18H24O2. The van der Waals surface area contributed by atoms with Crippen LogP contribution in [0.15, 0.2) is 34.9 Å². The molecule has 2 nitrogen and oxygen atoms in total. The minimum absolute atomic E-state index is 0.0505. The number of fused-ring (bicyclic) bond motifs is 5. The minimum Gasteiger partial charge on any atom is -0.393 e. The van der Waals surface area contributed by atoms with Crippen molar-refractivity contribution in [2.24, 2.45) is 17.3 Å². The largest absolute Gasteiger partial charge is 0.393 e. The maximum atomic E-state index is 10.3. The second-order valence-electron chi connectivity index (χ2n) is 7.37. The predicted molar refractivity (Wildman–Crippen MR) is 79.1 cm³/mol. The van der Waals surface area contributed by atoms with Gasteiger partial charge in [0, 0.05) is 11.3 Å². The van der Waals surface area contributed by atoms with Gasteiger partial charge in [0.1, 0.15) is 0 Å². The van der Waals surface area contributed by atoms with E-state index in [0.29, 0.717) is 11.8 Å². The molecule has 2 saturated carbocycles. The summed E-state index contributed by atoms with van der Waals surface area (Å²) in [5.74, 6) is 1.07. The van der Waals surface area contributed by atoms with Gasteiger partial charge in [-0.3, -0.25) is 0 Å². The van der Waals surface area contributed by atoms with Crippen LogP contribution in [0.1, 0.15) is 45.4 Å². The maximum Gasteiger partial charge on any atom is 0.0602 e. The average Bonchev–Trinajstić information content (AvgIpc) is 2.74. The summed E-state index contributed by atoms with van der Waals surface area (Å²) in [6.45, 7) is 2.26. The molecule has 1 unspecified atom stereocenters. The molecule has 0 aliphatic heterocycles. The van der Waals surface area contributed by atoms with Gasteiger partial charge in [-0.2, -0.15) is 0 Å². The van der Waals surface area contributed by atoms with Gasteiger partial charge in [-0.05, 0) is 55.6 Å². The van der Waals surface area contributed by atoms with Crippen LogP contribution in [0.25, 0.3) is 0 Å². The zero-order valence-corrected chi connectivity index (χ0v) is 12.2. The van der Waals surface area contributed by atoms with Gasteiger partial charge in [0.25, 0.3) is 0 Å². The Morgan fingerprint density at radius 1 is 1.05 bits per heavy atom. The fourth-order valence-electron chi connectivity index (χ4n) is 5.01. The maximum absolute atomic E-state index is 10.3. The first-order chi connectivity index (χ1) is 9.59. The van der Waals surface area contributed by atoms with Crippen LogP contribution in [-0.2, 0) is 0 Å². The lowest BCUT2D eigenvalue weighted by Crippen LogP contribution is -2.38. The third-order valence-corrected chi connectivity index (χ3v) is 6.32. The highest BCUT2D eigenvalue weighted by Crippen LogP contribution is 2.57. The van der Waals surface area contributed by atoms with Crippen molar-refractivity contribution in [1.29, 1.82) is 0 Å². The summed E-state index contributed by atoms with van der Waals surface area (Å²) in [4.78, 5) is 0. The van der Waals surface area contributed by atoms with E-state index in [1.165, 1.54) is 16.7 Å². The Labute approximate surface area is 120 Å². The summed E-state index contributed by atoms with van der Waals surface area (Å²) in [5.41, 5.74) is 4.47. The summed E-state index contributed by atoms with van der Waals surface area (Å²) in [6.07, 6.45) is 12.6. The molecule has 0 radical (unpaired) electrons. The molecule has 0 amide bonds. The summed E-state index contributed by atoms with van der Waals surface area (Å²) < 4.78 is 0. The van der Waals surface area contributed by atoms with Crippen LogP contribution in [0.5, 0.6) is 0 Å². The van der Waals surface area contributed by atoms with E-state index in [0.717, 1.165) is 38.5 Å². The summed E-state index contributed by atoms with van der Waals surface area (Å²) in [5, 5.41) is 20.2. The molecule has 2 N–H and O–H groups in total. The van der Waals surface area contributed by atoms with E-state index in [9.17, 15) is 10.2 Å². The van der Waals surface area contributed by atoms with E-state index in [1.54, 1.807) is 0 Å². The Hall–Kier alpha value is -0.860. The number of allylic oxidation sites excluding steroid dienone is 5. The Morgan fingerprint density at radius 2 is 1.90 bits per heavy atom. The van der Waals surface area contributed by atoms with Gasteiger partial charge in [-0.25, -0.2) is 0 Å². The first-order valence-corrected chi connectivity index (χ1v) is 8.07. The molecule has 4 rings (SSSR count). The van der Waals surface area contributed by atoms with Crippen molar-refractivity contribution < 1.29 is 10.2 Å². The van der Waals surface area contributed by atoms with Crippen LogP contribution in [0.2, 0.25) is 0 Å². The molecule has 4 aliphatic carbocycles. The van der Waals surface area contributed by atoms with E-state index in [4.69, 9.17) is 0 Å². The lowest BCUT2D eigenvalue weighted by Gasteiger charge is -2.44. The van der Waals surface area contributed by atoms with Gasteiger partial charge in [-0.1, -0.05) is 30.7 Å². The molecule has 108 valence electrons. The topological polar surface area (TPSA) is 40.5 Å². The second kappa shape index (κ2) is 4.32. The third kappa shape index (κ3) is 1.64. The first-order valence-electron chi connectivity index (χ1n) is 8.07. The number of aliphatic hydroxyl groups is 2. The van der Waals surface area contributed by atoms with Crippen molar-refractivity contribution >= 4 is 0 Å². The Bertz CT molecular complexity index is 528. The molecule has 0 aromatic carbocycles. The van der Waals surface area contributed by atoms with Crippen LogP contribution < -0.4 is 0 Å². The summed E-state index contributed by atoms with van der Waals surface area (Å²) in [7, 11) is 0. The number of hydrogen-bond acceptors (Lipinski definition) is 2. The zero-order valence-electron chi connectivity index (χ0n) is 12.2. The average molecular weight is 272 g/mol. The molecule has 5 atom stereocenters. The van der Waals surface area contributed by atoms with Gasteiger partial charge in [0.05, 0.1) is 12.2 Å². The molecule has 0 bridgehead atoms. The highest BCUT2D eigenvalue weighted by molar-refractivity contribution is 5.50. The first kappa shape index (κ1) is 12.8. The lowest BCUT2D eigenvalue weighted by molar-refractivity contribution is 0.0469. The number of aliphatic hydroxyl groups excluding tert-OH is 2. The van der Waals surface area contributed by atoms with E-state index in [1.807, 2.05) is 0 Å². The van der Waals surface area contributed by atoms with E-state index >= 15 is 0 Å². The molecule has 20 heavy (non-hydrogen) atoms. The number of hydrogen-bond donors (Lipinski definition) is 2. The molecule has 2 fully saturated rings. The van der Waals surface area contributed by atoms with E-state index < -0.39 is 0 Å². The van der Waals surface area contributed by atoms with Gasteiger partial charge in [0.15, 0.2) is 0 Å². The van der Waals surface area contributed by atoms with Crippen LogP contribution in [-0.4, -0.2) is 22.4 Å². The summed E-state index contributed by atoms with van der Waals surface area (Å²) >= 11 is 0. The highest BCUT2D eigenvalue weighted by atomic mass is 16.3. The second-order valence-corrected chi connectivity index (χ2v) is 7.37. The molecule has 0 saturated heterocycles. The molecule has 2 heteroatoms. The van der Waals surface area contributed by atoms with Crippen molar-refractivity contribution in [1.82, 2.24) is 0 Å². The quantitative estimate of drug-likeness (QED) is 0.711. The van der Waals surface area contributed by atoms with Crippen molar-refractivity contribution in [2.75, 3.05) is 0 Å². The molecule has 0 aromatic rings. The summed E-state index contributed by atoms with van der Waals surface area (Å²) in [6, 6.07) is 0. The zero-order chi connectivity index (χ0) is 13.9. The highest BCUT2D eigenvalue weighted by Gasteiger charge is 2.50. The fourth-order valence-corrected chi connectivity index (χ4v) is 5.01. The SMILES string of the molecule is C[C@]12CC=C3C(=CC=C4C[C@H](O)CCC43)[C@@H]1CC[C@H]2O. The van der Waals surface area contributed by atoms with Crippen molar-refractivity contribution in [2.45, 2.75) is 57.7 Å².